The molecule has 1 atom stereocenters. The van der Waals surface area contributed by atoms with E-state index in [9.17, 15) is 19.2 Å². The van der Waals surface area contributed by atoms with Gasteiger partial charge >= 0.3 is 0 Å². The minimum absolute atomic E-state index is 0.0545. The molecule has 1 saturated carbocycles. The van der Waals surface area contributed by atoms with Crippen LogP contribution in [0.4, 0.5) is 31.9 Å². The van der Waals surface area contributed by atoms with Crippen LogP contribution in [0.5, 0.6) is 5.75 Å². The molecule has 4 aromatic rings. The molecule has 17 heteroatoms. The van der Waals surface area contributed by atoms with Crippen molar-refractivity contribution in [3.8, 4) is 5.75 Å². The minimum atomic E-state index is -0.962. The van der Waals surface area contributed by atoms with Gasteiger partial charge in [0.15, 0.2) is 17.4 Å². The molecule has 14 nitrogen and oxygen atoms in total. The van der Waals surface area contributed by atoms with E-state index >= 15 is 8.78 Å². The molecule has 2 N–H and O–H groups in total. The van der Waals surface area contributed by atoms with Gasteiger partial charge in [-0.2, -0.15) is 4.98 Å². The van der Waals surface area contributed by atoms with Crippen LogP contribution in [0.25, 0.3) is 10.9 Å². The van der Waals surface area contributed by atoms with E-state index < -0.39 is 29.5 Å². The maximum atomic E-state index is 16.0. The van der Waals surface area contributed by atoms with E-state index in [0.717, 1.165) is 61.2 Å². The van der Waals surface area contributed by atoms with Crippen molar-refractivity contribution in [3.63, 3.8) is 0 Å². The number of piperidine rings is 1. The van der Waals surface area contributed by atoms with Crippen molar-refractivity contribution >= 4 is 63.7 Å². The molecule has 3 aliphatic heterocycles. The van der Waals surface area contributed by atoms with E-state index in [2.05, 4.69) is 20.5 Å². The number of likely N-dealkylation sites (N-methyl/N-ethyl adjacent to an activating group) is 1. The predicted octanol–water partition coefficient (Wildman–Crippen LogP) is 6.93. The molecule has 2 amide bonds. The fourth-order valence-corrected chi connectivity index (χ4v) is 9.84. The standard InChI is InChI=1S/C45H53ClF2N8O6/c1-5-61-37-20-27-19-28(8-9-35(27)56(26(2)3)43(37)60)51-40-33(46)22-50-44(52-40)53-16-12-30(13-17-53)62-29-10-14-45(15-11-29)24-54(25-45)39-34(47)21-31-32(38(39)48)23-55(42(31)59)36(7-6-18-57)41(58)49-4/h8-9,18-22,26,29-30,36H,5-7,10-17,23-25H2,1-4H3,(H,49,58)(H,50,51,52). The first-order chi connectivity index (χ1) is 29.8. The Labute approximate surface area is 363 Å². The number of aromatic nitrogens is 3. The highest BCUT2D eigenvalue weighted by Gasteiger charge is 2.48. The average molecular weight is 875 g/mol. The number of carbonyl (C=O) groups is 3. The van der Waals surface area contributed by atoms with Gasteiger partial charge in [0.2, 0.25) is 11.9 Å². The molecule has 62 heavy (non-hydrogen) atoms. The number of rotatable bonds is 14. The van der Waals surface area contributed by atoms with Crippen LogP contribution < -0.4 is 30.7 Å². The molecule has 2 aromatic heterocycles. The molecule has 4 aliphatic rings. The zero-order valence-corrected chi connectivity index (χ0v) is 36.3. The molecular formula is C45H53ClF2N8O6. The third-order valence-electron chi connectivity index (χ3n) is 12.9. The molecule has 1 aliphatic carbocycles. The lowest BCUT2D eigenvalue weighted by Gasteiger charge is -2.54. The fraction of sp³-hybridized carbons (Fsp3) is 0.511. The lowest BCUT2D eigenvalue weighted by atomic mass is 9.67. The third-order valence-corrected chi connectivity index (χ3v) is 13.2. The Hall–Kier alpha value is -5.35. The lowest BCUT2D eigenvalue weighted by molar-refractivity contribution is -0.125. The summed E-state index contributed by atoms with van der Waals surface area (Å²) in [6, 6.07) is 7.60. The SMILES string of the molecule is CCOc1cc2cc(Nc3nc(N4CCC(OC5CCC6(CC5)CN(c5c(F)cc7c(c5F)CN(C(CCC=O)C(=O)NC)C7=O)C6)CC4)ncc3Cl)ccc2n(C(C)C)c1=O. The Bertz CT molecular complexity index is 2430. The number of pyridine rings is 1. The molecule has 1 spiro atoms. The van der Waals surface area contributed by atoms with E-state index in [-0.39, 0.29) is 65.4 Å². The summed E-state index contributed by atoms with van der Waals surface area (Å²) in [5, 5.41) is 7.08. The second-order valence-electron chi connectivity index (χ2n) is 17.2. The first-order valence-corrected chi connectivity index (χ1v) is 22.0. The Balaban J connectivity index is 0.838. The van der Waals surface area contributed by atoms with Gasteiger partial charge in [-0.25, -0.2) is 13.8 Å². The molecule has 0 radical (unpaired) electrons. The molecule has 0 bridgehead atoms. The number of nitrogens with one attached hydrogen (secondary N) is 2. The number of aldehydes is 1. The van der Waals surface area contributed by atoms with Crippen LogP contribution >= 0.6 is 11.6 Å². The third kappa shape index (κ3) is 8.30. The quantitative estimate of drug-likeness (QED) is 0.127. The molecule has 5 heterocycles. The zero-order chi connectivity index (χ0) is 43.9. The molecule has 3 fully saturated rings. The summed E-state index contributed by atoms with van der Waals surface area (Å²) >= 11 is 6.58. The summed E-state index contributed by atoms with van der Waals surface area (Å²) in [4.78, 5) is 64.3. The summed E-state index contributed by atoms with van der Waals surface area (Å²) in [6.45, 7) is 8.46. The second kappa shape index (κ2) is 17.8. The Morgan fingerprint density at radius 2 is 1.77 bits per heavy atom. The Morgan fingerprint density at radius 1 is 1.05 bits per heavy atom. The highest BCUT2D eigenvalue weighted by atomic mass is 35.5. The van der Waals surface area contributed by atoms with Gasteiger partial charge in [0.1, 0.15) is 28.9 Å². The fourth-order valence-electron chi connectivity index (χ4n) is 9.70. The molecule has 330 valence electrons. The van der Waals surface area contributed by atoms with Crippen LogP contribution in [0.2, 0.25) is 5.02 Å². The number of anilines is 4. The van der Waals surface area contributed by atoms with Gasteiger partial charge < -0.3 is 44.2 Å². The van der Waals surface area contributed by atoms with Crippen LogP contribution in [-0.4, -0.2) is 95.6 Å². The van der Waals surface area contributed by atoms with E-state index in [0.29, 0.717) is 61.6 Å². The first kappa shape index (κ1) is 43.3. The Morgan fingerprint density at radius 3 is 2.45 bits per heavy atom. The number of benzene rings is 2. The number of halogens is 3. The summed E-state index contributed by atoms with van der Waals surface area (Å²) < 4.78 is 45.6. The van der Waals surface area contributed by atoms with Crippen molar-refractivity contribution in [2.75, 3.05) is 55.0 Å². The van der Waals surface area contributed by atoms with Crippen LogP contribution in [0.15, 0.2) is 41.3 Å². The topological polar surface area (TPSA) is 151 Å². The maximum Gasteiger partial charge on any atom is 0.293 e. The van der Waals surface area contributed by atoms with Gasteiger partial charge in [-0.15, -0.1) is 0 Å². The van der Waals surface area contributed by atoms with Gasteiger partial charge in [-0.3, -0.25) is 14.4 Å². The number of carbonyl (C=O) groups excluding carboxylic acids is 3. The van der Waals surface area contributed by atoms with Crippen molar-refractivity contribution in [3.05, 3.63) is 74.7 Å². The van der Waals surface area contributed by atoms with Crippen molar-refractivity contribution < 1.29 is 32.6 Å². The number of amides is 2. The van der Waals surface area contributed by atoms with Gasteiger partial charge in [0.05, 0.1) is 42.6 Å². The summed E-state index contributed by atoms with van der Waals surface area (Å²) in [7, 11) is 1.43. The highest BCUT2D eigenvalue weighted by molar-refractivity contribution is 6.33. The van der Waals surface area contributed by atoms with Crippen LogP contribution in [-0.2, 0) is 20.9 Å². The molecule has 2 saturated heterocycles. The Kier molecular flexibility index (Phi) is 12.4. The van der Waals surface area contributed by atoms with E-state index in [1.54, 1.807) is 21.7 Å². The van der Waals surface area contributed by atoms with Gasteiger partial charge in [-0.05, 0) is 96.0 Å². The lowest BCUT2D eigenvalue weighted by Crippen LogP contribution is -2.59. The summed E-state index contributed by atoms with van der Waals surface area (Å²) in [5.41, 5.74) is 1.20. The van der Waals surface area contributed by atoms with Crippen molar-refractivity contribution in [1.29, 1.82) is 0 Å². The average Bonchev–Trinajstić information content (AvgIpc) is 3.57. The summed E-state index contributed by atoms with van der Waals surface area (Å²) in [6.07, 6.45) is 7.72. The normalized spacial score (nSPS) is 18.3. The van der Waals surface area contributed by atoms with E-state index in [1.807, 2.05) is 39.0 Å². The number of nitrogens with zero attached hydrogens (tertiary/aromatic N) is 6. The molecule has 8 rings (SSSR count). The van der Waals surface area contributed by atoms with E-state index in [1.165, 1.54) is 11.9 Å². The van der Waals surface area contributed by atoms with Crippen molar-refractivity contribution in [1.82, 2.24) is 24.8 Å². The summed E-state index contributed by atoms with van der Waals surface area (Å²) in [5.74, 6) is -1.29. The maximum absolute atomic E-state index is 16.0. The van der Waals surface area contributed by atoms with Gasteiger partial charge in [0, 0.05) is 67.7 Å². The molecular weight excluding hydrogens is 822 g/mol. The largest absolute Gasteiger partial charge is 0.488 e. The number of fused-ring (bicyclic) bond motifs is 2. The predicted molar refractivity (Wildman–Crippen MR) is 233 cm³/mol. The van der Waals surface area contributed by atoms with Gasteiger partial charge in [-0.1, -0.05) is 11.6 Å². The monoisotopic (exact) mass is 874 g/mol. The van der Waals surface area contributed by atoms with Crippen molar-refractivity contribution in [2.24, 2.45) is 5.41 Å². The smallest absolute Gasteiger partial charge is 0.293 e. The number of hydrogen-bond acceptors (Lipinski definition) is 11. The minimum Gasteiger partial charge on any atom is -0.488 e. The molecule has 1 unspecified atom stereocenters. The van der Waals surface area contributed by atoms with Crippen LogP contribution in [0.1, 0.15) is 94.1 Å². The highest BCUT2D eigenvalue weighted by Crippen LogP contribution is 2.48. The molecule has 2 aromatic carbocycles. The number of hydrogen-bond donors (Lipinski definition) is 2. The zero-order valence-electron chi connectivity index (χ0n) is 35.5. The van der Waals surface area contributed by atoms with Crippen LogP contribution in [0.3, 0.4) is 0 Å². The van der Waals surface area contributed by atoms with Crippen LogP contribution in [0, 0.1) is 17.0 Å². The second-order valence-corrected chi connectivity index (χ2v) is 17.6. The first-order valence-electron chi connectivity index (χ1n) is 21.6. The van der Waals surface area contributed by atoms with Gasteiger partial charge in [0.25, 0.3) is 11.5 Å². The number of ether oxygens (including phenoxy) is 2. The van der Waals surface area contributed by atoms with E-state index in [4.69, 9.17) is 26.1 Å². The van der Waals surface area contributed by atoms with Crippen molar-refractivity contribution in [2.45, 2.75) is 103 Å².